The molecule has 17 heavy (non-hydrogen) atoms. The average molecular weight is 277 g/mol. The maximum atomic E-state index is 11.4. The standard InChI is InChI=1S/C10H10Cl2N2O3/c1-5(9(15)16)13-10(17)14-8-4-6(11)2-3-7(8)12/h2-5H,1H3,(H,15,16)(H2,13,14,17)/t5-/m1/s1. The van der Waals surface area contributed by atoms with Gasteiger partial charge in [0.05, 0.1) is 10.7 Å². The summed E-state index contributed by atoms with van der Waals surface area (Å²) in [5, 5.41) is 14.0. The molecule has 0 radical (unpaired) electrons. The zero-order chi connectivity index (χ0) is 13.0. The van der Waals surface area contributed by atoms with Gasteiger partial charge < -0.3 is 15.7 Å². The van der Waals surface area contributed by atoms with Crippen LogP contribution in [0, 0.1) is 0 Å². The first kappa shape index (κ1) is 13.6. The SMILES string of the molecule is C[C@@H](NC(=O)Nc1cc(Cl)ccc1Cl)C(=O)O. The molecule has 0 aromatic heterocycles. The van der Waals surface area contributed by atoms with Crippen LogP contribution in [0.4, 0.5) is 10.5 Å². The van der Waals surface area contributed by atoms with E-state index in [1.165, 1.54) is 19.1 Å². The number of carboxylic acid groups (broad SMARTS) is 1. The van der Waals surface area contributed by atoms with Gasteiger partial charge in [-0.3, -0.25) is 4.79 Å². The molecule has 7 heteroatoms. The smallest absolute Gasteiger partial charge is 0.325 e. The first-order valence-electron chi connectivity index (χ1n) is 4.65. The summed E-state index contributed by atoms with van der Waals surface area (Å²) < 4.78 is 0. The first-order chi connectivity index (χ1) is 7.90. The molecule has 1 atom stereocenters. The minimum Gasteiger partial charge on any atom is -0.480 e. The maximum absolute atomic E-state index is 11.4. The third kappa shape index (κ3) is 4.13. The molecule has 1 aromatic rings. The van der Waals surface area contributed by atoms with Gasteiger partial charge in [0.15, 0.2) is 0 Å². The fourth-order valence-electron chi connectivity index (χ4n) is 1.01. The predicted octanol–water partition coefficient (Wildman–Crippen LogP) is 2.59. The number of carbonyl (C=O) groups is 2. The van der Waals surface area contributed by atoms with E-state index < -0.39 is 18.0 Å². The lowest BCUT2D eigenvalue weighted by Crippen LogP contribution is -2.40. The Bertz CT molecular complexity index is 451. The Hall–Kier alpha value is -1.46. The normalized spacial score (nSPS) is 11.7. The van der Waals surface area contributed by atoms with Crippen molar-refractivity contribution in [1.82, 2.24) is 5.32 Å². The van der Waals surface area contributed by atoms with E-state index in [0.29, 0.717) is 15.7 Å². The van der Waals surface area contributed by atoms with Crippen molar-refractivity contribution < 1.29 is 14.7 Å². The van der Waals surface area contributed by atoms with E-state index in [9.17, 15) is 9.59 Å². The van der Waals surface area contributed by atoms with Crippen LogP contribution in [0.5, 0.6) is 0 Å². The van der Waals surface area contributed by atoms with Crippen LogP contribution >= 0.6 is 23.2 Å². The highest BCUT2D eigenvalue weighted by molar-refractivity contribution is 6.35. The highest BCUT2D eigenvalue weighted by Gasteiger charge is 2.14. The molecular formula is C10H10Cl2N2O3. The van der Waals surface area contributed by atoms with Gasteiger partial charge in [-0.1, -0.05) is 23.2 Å². The lowest BCUT2D eigenvalue weighted by Gasteiger charge is -2.11. The summed E-state index contributed by atoms with van der Waals surface area (Å²) in [4.78, 5) is 21.9. The molecule has 0 saturated heterocycles. The van der Waals surface area contributed by atoms with Crippen molar-refractivity contribution in [2.45, 2.75) is 13.0 Å². The number of amides is 2. The number of benzene rings is 1. The van der Waals surface area contributed by atoms with Crippen molar-refractivity contribution in [2.75, 3.05) is 5.32 Å². The van der Waals surface area contributed by atoms with Crippen molar-refractivity contribution >= 4 is 40.9 Å². The number of hydrogen-bond acceptors (Lipinski definition) is 2. The Morgan fingerprint density at radius 3 is 2.59 bits per heavy atom. The van der Waals surface area contributed by atoms with E-state index in [-0.39, 0.29) is 0 Å². The maximum Gasteiger partial charge on any atom is 0.325 e. The Morgan fingerprint density at radius 2 is 2.00 bits per heavy atom. The largest absolute Gasteiger partial charge is 0.480 e. The van der Waals surface area contributed by atoms with Crippen LogP contribution in [-0.2, 0) is 4.79 Å². The van der Waals surface area contributed by atoms with Gasteiger partial charge in [-0.2, -0.15) is 0 Å². The lowest BCUT2D eigenvalue weighted by molar-refractivity contribution is -0.138. The first-order valence-corrected chi connectivity index (χ1v) is 5.41. The summed E-state index contributed by atoms with van der Waals surface area (Å²) in [5.74, 6) is -1.13. The van der Waals surface area contributed by atoms with Crippen LogP contribution in [0.25, 0.3) is 0 Å². The highest BCUT2D eigenvalue weighted by atomic mass is 35.5. The molecule has 1 aromatic carbocycles. The number of carbonyl (C=O) groups excluding carboxylic acids is 1. The Balaban J connectivity index is 2.68. The highest BCUT2D eigenvalue weighted by Crippen LogP contribution is 2.25. The Kier molecular flexibility index (Phi) is 4.60. The summed E-state index contributed by atoms with van der Waals surface area (Å²) >= 11 is 11.6. The topological polar surface area (TPSA) is 78.4 Å². The molecule has 0 aliphatic carbocycles. The molecule has 0 heterocycles. The van der Waals surface area contributed by atoms with Crippen LogP contribution in [0.15, 0.2) is 18.2 Å². The Morgan fingerprint density at radius 1 is 1.35 bits per heavy atom. The second-order valence-electron chi connectivity index (χ2n) is 3.28. The zero-order valence-electron chi connectivity index (χ0n) is 8.83. The second kappa shape index (κ2) is 5.75. The quantitative estimate of drug-likeness (QED) is 0.794. The minimum atomic E-state index is -1.13. The van der Waals surface area contributed by atoms with E-state index >= 15 is 0 Å². The fourth-order valence-corrected chi connectivity index (χ4v) is 1.35. The van der Waals surface area contributed by atoms with Crippen LogP contribution in [0.1, 0.15) is 6.92 Å². The van der Waals surface area contributed by atoms with Crippen LogP contribution in [-0.4, -0.2) is 23.1 Å². The molecule has 0 saturated carbocycles. The van der Waals surface area contributed by atoms with Crippen LogP contribution in [0.2, 0.25) is 10.0 Å². The van der Waals surface area contributed by atoms with E-state index in [0.717, 1.165) is 0 Å². The summed E-state index contributed by atoms with van der Waals surface area (Å²) in [6, 6.07) is 2.92. The van der Waals surface area contributed by atoms with Crippen molar-refractivity contribution in [2.24, 2.45) is 0 Å². The molecule has 1 rings (SSSR count). The molecule has 0 spiro atoms. The second-order valence-corrected chi connectivity index (χ2v) is 4.13. The van der Waals surface area contributed by atoms with Gasteiger partial charge in [0.2, 0.25) is 0 Å². The number of anilines is 1. The van der Waals surface area contributed by atoms with Gasteiger partial charge in [0, 0.05) is 5.02 Å². The molecule has 5 nitrogen and oxygen atoms in total. The number of nitrogens with one attached hydrogen (secondary N) is 2. The molecular weight excluding hydrogens is 267 g/mol. The minimum absolute atomic E-state index is 0.313. The molecule has 3 N–H and O–H groups in total. The van der Waals surface area contributed by atoms with Crippen molar-refractivity contribution in [3.63, 3.8) is 0 Å². The summed E-state index contributed by atoms with van der Waals surface area (Å²) in [5.41, 5.74) is 0.314. The summed E-state index contributed by atoms with van der Waals surface area (Å²) in [6.45, 7) is 1.35. The molecule has 2 amide bonds. The molecule has 0 aliphatic heterocycles. The van der Waals surface area contributed by atoms with E-state index in [1.54, 1.807) is 6.07 Å². The van der Waals surface area contributed by atoms with E-state index in [2.05, 4.69) is 10.6 Å². The average Bonchev–Trinajstić information content (AvgIpc) is 2.23. The number of rotatable bonds is 3. The van der Waals surface area contributed by atoms with Gasteiger partial charge >= 0.3 is 12.0 Å². The predicted molar refractivity (Wildman–Crippen MR) is 65.7 cm³/mol. The zero-order valence-corrected chi connectivity index (χ0v) is 10.3. The third-order valence-electron chi connectivity index (χ3n) is 1.89. The summed E-state index contributed by atoms with van der Waals surface area (Å²) in [6.07, 6.45) is 0. The molecule has 0 fully saturated rings. The third-order valence-corrected chi connectivity index (χ3v) is 2.46. The fraction of sp³-hybridized carbons (Fsp3) is 0.200. The number of urea groups is 1. The van der Waals surface area contributed by atoms with E-state index in [4.69, 9.17) is 28.3 Å². The number of hydrogen-bond donors (Lipinski definition) is 3. The summed E-state index contributed by atoms with van der Waals surface area (Å²) in [7, 11) is 0. The Labute approximate surface area is 108 Å². The van der Waals surface area contributed by atoms with Gasteiger partial charge in [-0.05, 0) is 25.1 Å². The van der Waals surface area contributed by atoms with Gasteiger partial charge in [0.1, 0.15) is 6.04 Å². The van der Waals surface area contributed by atoms with Gasteiger partial charge in [-0.15, -0.1) is 0 Å². The van der Waals surface area contributed by atoms with Crippen molar-refractivity contribution in [1.29, 1.82) is 0 Å². The van der Waals surface area contributed by atoms with Crippen molar-refractivity contribution in [3.05, 3.63) is 28.2 Å². The van der Waals surface area contributed by atoms with Crippen LogP contribution in [0.3, 0.4) is 0 Å². The number of aliphatic carboxylic acids is 1. The van der Waals surface area contributed by atoms with Crippen molar-refractivity contribution in [3.8, 4) is 0 Å². The number of halogens is 2. The van der Waals surface area contributed by atoms with Crippen LogP contribution < -0.4 is 10.6 Å². The van der Waals surface area contributed by atoms with E-state index in [1.807, 2.05) is 0 Å². The molecule has 0 bridgehead atoms. The number of carboxylic acids is 1. The monoisotopic (exact) mass is 276 g/mol. The lowest BCUT2D eigenvalue weighted by atomic mass is 10.3. The molecule has 0 unspecified atom stereocenters. The molecule has 0 aliphatic rings. The van der Waals surface area contributed by atoms with Gasteiger partial charge in [-0.25, -0.2) is 4.79 Å². The molecule has 92 valence electrons. The van der Waals surface area contributed by atoms with Gasteiger partial charge in [0.25, 0.3) is 0 Å².